The summed E-state index contributed by atoms with van der Waals surface area (Å²) in [6, 6.07) is 5.42. The van der Waals surface area contributed by atoms with Crippen molar-refractivity contribution in [3.8, 4) is 0 Å². The lowest BCUT2D eigenvalue weighted by Gasteiger charge is -2.06. The molecule has 0 saturated carbocycles. The number of nitrogens with one attached hydrogen (secondary N) is 1. The Labute approximate surface area is 112 Å². The number of aromatic amines is 1. The van der Waals surface area contributed by atoms with Crippen molar-refractivity contribution in [1.82, 2.24) is 19.9 Å². The van der Waals surface area contributed by atoms with Crippen LogP contribution in [0.5, 0.6) is 0 Å². The van der Waals surface area contributed by atoms with Gasteiger partial charge < -0.3 is 10.7 Å². The van der Waals surface area contributed by atoms with Gasteiger partial charge in [0.05, 0.1) is 16.2 Å². The van der Waals surface area contributed by atoms with Gasteiger partial charge >= 0.3 is 0 Å². The van der Waals surface area contributed by atoms with Crippen molar-refractivity contribution in [2.75, 3.05) is 5.73 Å². The minimum atomic E-state index is 0.603. The number of nitrogens with zero attached hydrogens (tertiary/aromatic N) is 3. The second kappa shape index (κ2) is 4.47. The highest BCUT2D eigenvalue weighted by Crippen LogP contribution is 2.38. The van der Waals surface area contributed by atoms with Gasteiger partial charge in [-0.25, -0.2) is 15.0 Å². The molecule has 0 fully saturated rings. The number of imidazole rings is 1. The molecule has 0 bridgehead atoms. The summed E-state index contributed by atoms with van der Waals surface area (Å²) in [6.45, 7) is 0. The molecule has 18 heavy (non-hydrogen) atoms. The summed E-state index contributed by atoms with van der Waals surface area (Å²) in [4.78, 5) is 16.2. The van der Waals surface area contributed by atoms with E-state index in [-0.39, 0.29) is 0 Å². The molecule has 0 radical (unpaired) electrons. The van der Waals surface area contributed by atoms with E-state index in [1.165, 1.54) is 18.1 Å². The SMILES string of the molecule is Nc1cccc(Cl)c1Sc1ncnc2nc[nH]c12. The maximum absolute atomic E-state index is 6.13. The van der Waals surface area contributed by atoms with Crippen LogP contribution in [0.1, 0.15) is 0 Å². The molecule has 0 unspecified atom stereocenters. The van der Waals surface area contributed by atoms with Crippen LogP contribution in [0.25, 0.3) is 11.2 Å². The standard InChI is InChI=1S/C11H8ClN5S/c12-6-2-1-3-7(13)9(6)18-11-8-10(15-4-14-8)16-5-17-11/h1-5H,13H2,(H,14,15,16,17). The number of rotatable bonds is 2. The van der Waals surface area contributed by atoms with Gasteiger partial charge in [-0.2, -0.15) is 0 Å². The van der Waals surface area contributed by atoms with Crippen LogP contribution >= 0.6 is 23.4 Å². The van der Waals surface area contributed by atoms with Crippen molar-refractivity contribution >= 4 is 40.2 Å². The molecule has 3 N–H and O–H groups in total. The van der Waals surface area contributed by atoms with Crippen molar-refractivity contribution in [1.29, 1.82) is 0 Å². The number of halogens is 1. The Morgan fingerprint density at radius 3 is 2.94 bits per heavy atom. The Balaban J connectivity index is 2.09. The molecule has 0 aliphatic heterocycles. The lowest BCUT2D eigenvalue weighted by Crippen LogP contribution is -1.91. The summed E-state index contributed by atoms with van der Waals surface area (Å²) in [5.41, 5.74) is 7.94. The van der Waals surface area contributed by atoms with Gasteiger partial charge in [0, 0.05) is 5.69 Å². The van der Waals surface area contributed by atoms with E-state index in [0.29, 0.717) is 16.4 Å². The van der Waals surface area contributed by atoms with E-state index in [2.05, 4.69) is 19.9 Å². The molecule has 2 aromatic heterocycles. The molecule has 7 heteroatoms. The third-order valence-electron chi connectivity index (χ3n) is 2.38. The highest BCUT2D eigenvalue weighted by Gasteiger charge is 2.11. The smallest absolute Gasteiger partial charge is 0.181 e. The predicted molar refractivity (Wildman–Crippen MR) is 71.7 cm³/mol. The zero-order chi connectivity index (χ0) is 12.5. The summed E-state index contributed by atoms with van der Waals surface area (Å²) in [7, 11) is 0. The zero-order valence-electron chi connectivity index (χ0n) is 9.09. The van der Waals surface area contributed by atoms with Crippen molar-refractivity contribution in [2.45, 2.75) is 9.92 Å². The molecule has 0 aliphatic rings. The Morgan fingerprint density at radius 2 is 2.11 bits per heavy atom. The Morgan fingerprint density at radius 1 is 1.22 bits per heavy atom. The Bertz CT molecular complexity index is 691. The first-order valence-corrected chi connectivity index (χ1v) is 6.31. The van der Waals surface area contributed by atoms with E-state index < -0.39 is 0 Å². The van der Waals surface area contributed by atoms with Crippen LogP contribution in [0.3, 0.4) is 0 Å². The number of benzene rings is 1. The molecule has 3 rings (SSSR count). The van der Waals surface area contributed by atoms with Crippen molar-refractivity contribution in [3.05, 3.63) is 35.9 Å². The predicted octanol–water partition coefficient (Wildman–Crippen LogP) is 2.74. The Kier molecular flexibility index (Phi) is 2.81. The Hall–Kier alpha value is -1.79. The van der Waals surface area contributed by atoms with Gasteiger partial charge in [-0.05, 0) is 12.1 Å². The maximum atomic E-state index is 6.13. The van der Waals surface area contributed by atoms with E-state index >= 15 is 0 Å². The summed E-state index contributed by atoms with van der Waals surface area (Å²) >= 11 is 7.53. The molecular weight excluding hydrogens is 270 g/mol. The molecule has 5 nitrogen and oxygen atoms in total. The quantitative estimate of drug-likeness (QED) is 0.556. The minimum Gasteiger partial charge on any atom is -0.398 e. The van der Waals surface area contributed by atoms with Gasteiger partial charge in [-0.3, -0.25) is 0 Å². The summed E-state index contributed by atoms with van der Waals surface area (Å²) in [5.74, 6) is 0. The number of aromatic nitrogens is 4. The highest BCUT2D eigenvalue weighted by molar-refractivity contribution is 7.99. The fourth-order valence-electron chi connectivity index (χ4n) is 1.55. The van der Waals surface area contributed by atoms with E-state index in [1.807, 2.05) is 6.07 Å². The summed E-state index contributed by atoms with van der Waals surface area (Å²) < 4.78 is 0. The molecule has 0 spiro atoms. The largest absolute Gasteiger partial charge is 0.398 e. The number of hydrogen-bond donors (Lipinski definition) is 2. The third kappa shape index (κ3) is 1.89. The average Bonchev–Trinajstić information content (AvgIpc) is 2.83. The second-order valence-electron chi connectivity index (χ2n) is 3.54. The molecule has 2 heterocycles. The number of anilines is 1. The maximum Gasteiger partial charge on any atom is 0.181 e. The molecular formula is C11H8ClN5S. The van der Waals surface area contributed by atoms with E-state index in [4.69, 9.17) is 17.3 Å². The number of hydrogen-bond acceptors (Lipinski definition) is 5. The second-order valence-corrected chi connectivity index (χ2v) is 4.95. The summed E-state index contributed by atoms with van der Waals surface area (Å²) in [5, 5.41) is 1.35. The molecule has 0 saturated heterocycles. The van der Waals surface area contributed by atoms with Crippen LogP contribution in [0.4, 0.5) is 5.69 Å². The van der Waals surface area contributed by atoms with Crippen molar-refractivity contribution in [3.63, 3.8) is 0 Å². The van der Waals surface area contributed by atoms with Crippen LogP contribution in [0.15, 0.2) is 40.8 Å². The van der Waals surface area contributed by atoms with Gasteiger partial charge in [0.1, 0.15) is 16.9 Å². The van der Waals surface area contributed by atoms with Gasteiger partial charge in [-0.1, -0.05) is 29.4 Å². The van der Waals surface area contributed by atoms with E-state index in [0.717, 1.165) is 15.4 Å². The number of H-pyrrole nitrogens is 1. The molecule has 90 valence electrons. The molecule has 0 amide bonds. The molecule has 0 atom stereocenters. The first-order valence-electron chi connectivity index (χ1n) is 5.11. The van der Waals surface area contributed by atoms with Crippen LogP contribution in [0.2, 0.25) is 5.02 Å². The van der Waals surface area contributed by atoms with E-state index in [1.54, 1.807) is 18.5 Å². The van der Waals surface area contributed by atoms with Gasteiger partial charge in [0.25, 0.3) is 0 Å². The van der Waals surface area contributed by atoms with Crippen LogP contribution in [0, 0.1) is 0 Å². The first kappa shape index (κ1) is 11.3. The fourth-order valence-corrected chi connectivity index (χ4v) is 2.74. The number of nitrogen functional groups attached to an aromatic ring is 1. The lowest BCUT2D eigenvalue weighted by atomic mass is 10.3. The third-order valence-corrected chi connectivity index (χ3v) is 3.97. The zero-order valence-corrected chi connectivity index (χ0v) is 10.7. The number of nitrogens with two attached hydrogens (primary N) is 1. The summed E-state index contributed by atoms with van der Waals surface area (Å²) in [6.07, 6.45) is 3.05. The van der Waals surface area contributed by atoms with E-state index in [9.17, 15) is 0 Å². The average molecular weight is 278 g/mol. The first-order chi connectivity index (χ1) is 8.75. The van der Waals surface area contributed by atoms with Crippen LogP contribution in [-0.2, 0) is 0 Å². The molecule has 1 aromatic carbocycles. The van der Waals surface area contributed by atoms with Gasteiger partial charge in [0.2, 0.25) is 0 Å². The van der Waals surface area contributed by atoms with Gasteiger partial charge in [-0.15, -0.1) is 0 Å². The molecule has 0 aliphatic carbocycles. The molecule has 3 aromatic rings. The highest BCUT2D eigenvalue weighted by atomic mass is 35.5. The van der Waals surface area contributed by atoms with Crippen LogP contribution in [-0.4, -0.2) is 19.9 Å². The van der Waals surface area contributed by atoms with Crippen molar-refractivity contribution in [2.24, 2.45) is 0 Å². The fraction of sp³-hybridized carbons (Fsp3) is 0. The lowest BCUT2D eigenvalue weighted by molar-refractivity contribution is 1.08. The minimum absolute atomic E-state index is 0.603. The monoisotopic (exact) mass is 277 g/mol. The number of fused-ring (bicyclic) bond motifs is 1. The topological polar surface area (TPSA) is 80.5 Å². The van der Waals surface area contributed by atoms with Gasteiger partial charge in [0.15, 0.2) is 5.65 Å². The normalized spacial score (nSPS) is 10.9. The van der Waals surface area contributed by atoms with Crippen LogP contribution < -0.4 is 5.73 Å². The van der Waals surface area contributed by atoms with Crippen molar-refractivity contribution < 1.29 is 0 Å².